The van der Waals surface area contributed by atoms with Gasteiger partial charge in [-0.2, -0.15) is 0 Å². The van der Waals surface area contributed by atoms with Gasteiger partial charge in [0.25, 0.3) is 0 Å². The van der Waals surface area contributed by atoms with Crippen molar-refractivity contribution < 1.29 is 20.1 Å². The smallest absolute Gasteiger partial charge is 0.111 e. The van der Waals surface area contributed by atoms with Crippen molar-refractivity contribution >= 4 is 0 Å². The van der Waals surface area contributed by atoms with Gasteiger partial charge in [0.05, 0.1) is 12.2 Å². The summed E-state index contributed by atoms with van der Waals surface area (Å²) in [5.74, 6) is 0. The fourth-order valence-electron chi connectivity index (χ4n) is 1.29. The van der Waals surface area contributed by atoms with Crippen LogP contribution in [-0.2, 0) is 4.74 Å². The maximum Gasteiger partial charge on any atom is 0.111 e. The molecule has 0 radical (unpaired) electrons. The Labute approximate surface area is 65.4 Å². The second-order valence-corrected chi connectivity index (χ2v) is 3.38. The van der Waals surface area contributed by atoms with E-state index in [0.29, 0.717) is 0 Å². The van der Waals surface area contributed by atoms with Crippen molar-refractivity contribution in [1.82, 2.24) is 0 Å². The van der Waals surface area contributed by atoms with Crippen LogP contribution in [0.25, 0.3) is 0 Å². The minimum absolute atomic E-state index is 0.262. The highest BCUT2D eigenvalue weighted by Gasteiger charge is 2.47. The van der Waals surface area contributed by atoms with Crippen LogP contribution in [0.15, 0.2) is 0 Å². The Morgan fingerprint density at radius 3 is 2.09 bits per heavy atom. The normalized spacial score (nSPS) is 42.8. The zero-order chi connectivity index (χ0) is 8.65. The molecule has 1 saturated heterocycles. The van der Waals surface area contributed by atoms with Crippen LogP contribution in [0.5, 0.6) is 0 Å². The van der Waals surface area contributed by atoms with Crippen LogP contribution < -0.4 is 0 Å². The number of ether oxygens (including phenoxy) is 1. The molecule has 1 rings (SSSR count). The average molecular weight is 162 g/mol. The van der Waals surface area contributed by atoms with Crippen molar-refractivity contribution in [3.63, 3.8) is 0 Å². The lowest BCUT2D eigenvalue weighted by atomic mass is 9.99. The first-order valence-electron chi connectivity index (χ1n) is 3.64. The largest absolute Gasteiger partial charge is 0.394 e. The van der Waals surface area contributed by atoms with E-state index in [1.54, 1.807) is 13.8 Å². The third-order valence-corrected chi connectivity index (χ3v) is 2.05. The van der Waals surface area contributed by atoms with Gasteiger partial charge < -0.3 is 20.1 Å². The van der Waals surface area contributed by atoms with Gasteiger partial charge in [-0.1, -0.05) is 0 Å². The summed E-state index contributed by atoms with van der Waals surface area (Å²) in [6.07, 6.45) is -2.55. The van der Waals surface area contributed by atoms with Crippen LogP contribution in [0.2, 0.25) is 0 Å². The van der Waals surface area contributed by atoms with E-state index >= 15 is 0 Å². The molecule has 1 aliphatic rings. The molecule has 0 aliphatic carbocycles. The van der Waals surface area contributed by atoms with Gasteiger partial charge in [0.15, 0.2) is 0 Å². The summed E-state index contributed by atoms with van der Waals surface area (Å²) in [5.41, 5.74) is -0.757. The van der Waals surface area contributed by atoms with E-state index in [9.17, 15) is 10.2 Å². The number of aliphatic hydroxyl groups is 3. The summed E-state index contributed by atoms with van der Waals surface area (Å²) in [4.78, 5) is 0. The Kier molecular flexibility index (Phi) is 2.20. The van der Waals surface area contributed by atoms with Gasteiger partial charge >= 0.3 is 0 Å². The lowest BCUT2D eigenvalue weighted by Gasteiger charge is -2.21. The molecular formula is C7H14O4. The van der Waals surface area contributed by atoms with E-state index in [1.807, 2.05) is 0 Å². The molecule has 1 aliphatic heterocycles. The predicted octanol–water partition coefficient (Wildman–Crippen LogP) is -1.12. The third-order valence-electron chi connectivity index (χ3n) is 2.05. The molecule has 1 fully saturated rings. The minimum Gasteiger partial charge on any atom is -0.394 e. The van der Waals surface area contributed by atoms with Crippen molar-refractivity contribution in [3.8, 4) is 0 Å². The fraction of sp³-hybridized carbons (Fsp3) is 1.00. The Morgan fingerprint density at radius 2 is 1.91 bits per heavy atom. The van der Waals surface area contributed by atoms with Crippen molar-refractivity contribution in [1.29, 1.82) is 0 Å². The topological polar surface area (TPSA) is 69.9 Å². The molecule has 0 amide bonds. The maximum atomic E-state index is 9.34. The highest BCUT2D eigenvalue weighted by Crippen LogP contribution is 2.29. The predicted molar refractivity (Wildman–Crippen MR) is 38.1 cm³/mol. The molecule has 0 aromatic heterocycles. The van der Waals surface area contributed by atoms with E-state index in [0.717, 1.165) is 0 Å². The van der Waals surface area contributed by atoms with E-state index in [2.05, 4.69) is 0 Å². The SMILES string of the molecule is CC1(C)O[C@H](CO)C(O)C1O. The molecule has 0 bridgehead atoms. The summed E-state index contributed by atoms with van der Waals surface area (Å²) in [6, 6.07) is 0. The van der Waals surface area contributed by atoms with Gasteiger partial charge in [0.2, 0.25) is 0 Å². The standard InChI is InChI=1S/C7H14O4/c1-7(2)6(10)5(9)4(3-8)11-7/h4-6,8-10H,3H2,1-2H3/t4-,5?,6?/m1/s1. The van der Waals surface area contributed by atoms with Crippen molar-refractivity contribution in [2.45, 2.75) is 37.8 Å². The molecule has 0 aromatic rings. The first kappa shape index (κ1) is 8.93. The van der Waals surface area contributed by atoms with Gasteiger partial charge in [-0.15, -0.1) is 0 Å². The van der Waals surface area contributed by atoms with Crippen molar-refractivity contribution in [2.75, 3.05) is 6.61 Å². The molecule has 3 N–H and O–H groups in total. The van der Waals surface area contributed by atoms with Crippen LogP contribution in [-0.4, -0.2) is 45.8 Å². The maximum absolute atomic E-state index is 9.34. The van der Waals surface area contributed by atoms with E-state index in [4.69, 9.17) is 9.84 Å². The summed E-state index contributed by atoms with van der Waals surface area (Å²) in [5, 5.41) is 27.3. The summed E-state index contributed by atoms with van der Waals surface area (Å²) >= 11 is 0. The molecule has 3 atom stereocenters. The van der Waals surface area contributed by atoms with Crippen LogP contribution in [0.1, 0.15) is 13.8 Å². The summed E-state index contributed by atoms with van der Waals surface area (Å²) in [7, 11) is 0. The van der Waals surface area contributed by atoms with E-state index in [1.165, 1.54) is 0 Å². The second-order valence-electron chi connectivity index (χ2n) is 3.38. The van der Waals surface area contributed by atoms with E-state index in [-0.39, 0.29) is 6.61 Å². The highest BCUT2D eigenvalue weighted by atomic mass is 16.6. The van der Waals surface area contributed by atoms with Gasteiger partial charge in [0, 0.05) is 0 Å². The molecule has 4 nitrogen and oxygen atoms in total. The van der Waals surface area contributed by atoms with Gasteiger partial charge in [-0.3, -0.25) is 0 Å². The van der Waals surface area contributed by atoms with Crippen LogP contribution in [0.3, 0.4) is 0 Å². The molecule has 2 unspecified atom stereocenters. The second kappa shape index (κ2) is 2.71. The van der Waals surface area contributed by atoms with Crippen molar-refractivity contribution in [3.05, 3.63) is 0 Å². The summed E-state index contributed by atoms with van der Waals surface area (Å²) < 4.78 is 5.17. The molecule has 66 valence electrons. The number of hydrogen-bond donors (Lipinski definition) is 3. The minimum atomic E-state index is -0.977. The molecule has 11 heavy (non-hydrogen) atoms. The van der Waals surface area contributed by atoms with Gasteiger partial charge in [0.1, 0.15) is 18.3 Å². The first-order chi connectivity index (χ1) is 4.99. The number of aliphatic hydroxyl groups excluding tert-OH is 3. The monoisotopic (exact) mass is 162 g/mol. The first-order valence-corrected chi connectivity index (χ1v) is 3.64. The highest BCUT2D eigenvalue weighted by molar-refractivity contribution is 4.96. The zero-order valence-corrected chi connectivity index (χ0v) is 6.69. The average Bonchev–Trinajstić information content (AvgIpc) is 2.13. The lowest BCUT2D eigenvalue weighted by Crippen LogP contribution is -2.38. The Balaban J connectivity index is 2.69. The molecular weight excluding hydrogens is 148 g/mol. The zero-order valence-electron chi connectivity index (χ0n) is 6.69. The van der Waals surface area contributed by atoms with Crippen LogP contribution in [0, 0.1) is 0 Å². The van der Waals surface area contributed by atoms with Gasteiger partial charge in [-0.05, 0) is 13.8 Å². The number of hydrogen-bond acceptors (Lipinski definition) is 4. The molecule has 0 aromatic carbocycles. The van der Waals surface area contributed by atoms with Gasteiger partial charge in [-0.25, -0.2) is 0 Å². The molecule has 0 saturated carbocycles. The quantitative estimate of drug-likeness (QED) is 0.456. The Hall–Kier alpha value is -0.160. The van der Waals surface area contributed by atoms with Crippen molar-refractivity contribution in [2.24, 2.45) is 0 Å². The Morgan fingerprint density at radius 1 is 1.36 bits per heavy atom. The summed E-state index contributed by atoms with van der Waals surface area (Å²) in [6.45, 7) is 3.09. The molecule has 0 spiro atoms. The van der Waals surface area contributed by atoms with Crippen LogP contribution >= 0.6 is 0 Å². The molecule has 4 heteroatoms. The van der Waals surface area contributed by atoms with Crippen LogP contribution in [0.4, 0.5) is 0 Å². The Bertz CT molecular complexity index is 145. The van der Waals surface area contributed by atoms with E-state index < -0.39 is 23.9 Å². The molecule has 1 heterocycles. The lowest BCUT2D eigenvalue weighted by molar-refractivity contribution is -0.0689. The fourth-order valence-corrected chi connectivity index (χ4v) is 1.29. The number of rotatable bonds is 1. The third kappa shape index (κ3) is 1.39.